The zero-order chi connectivity index (χ0) is 14.0. The Labute approximate surface area is 118 Å². The van der Waals surface area contributed by atoms with Crippen molar-refractivity contribution in [1.29, 1.82) is 0 Å². The molecule has 4 heteroatoms. The van der Waals surface area contributed by atoms with Gasteiger partial charge < -0.3 is 15.5 Å². The highest BCUT2D eigenvalue weighted by molar-refractivity contribution is 5.02. The fraction of sp³-hybridized carbons (Fsp3) is 1.00. The molecule has 2 N–H and O–H groups in total. The zero-order valence-corrected chi connectivity index (χ0v) is 13.2. The minimum Gasteiger partial charge on any atom is -0.329 e. The molecule has 0 aliphatic carbocycles. The smallest absolute Gasteiger partial charge is 0.0470 e. The second-order valence-corrected chi connectivity index (χ2v) is 7.02. The number of likely N-dealkylation sites (N-methyl/N-ethyl adjacent to an activating group) is 2. The van der Waals surface area contributed by atoms with Crippen molar-refractivity contribution in [3.8, 4) is 0 Å². The molecule has 2 fully saturated rings. The molecule has 0 amide bonds. The molecular weight excluding hydrogens is 236 g/mol. The predicted octanol–water partition coefficient (Wildman–Crippen LogP) is 0.682. The van der Waals surface area contributed by atoms with Crippen LogP contribution in [0.2, 0.25) is 0 Å². The van der Waals surface area contributed by atoms with Gasteiger partial charge in [0.15, 0.2) is 0 Å². The number of hydrogen-bond acceptors (Lipinski definition) is 4. The molecule has 2 rings (SSSR count). The van der Waals surface area contributed by atoms with Crippen LogP contribution in [0.4, 0.5) is 0 Å². The van der Waals surface area contributed by atoms with Crippen LogP contribution in [0.5, 0.6) is 0 Å². The molecule has 2 atom stereocenters. The summed E-state index contributed by atoms with van der Waals surface area (Å²) in [6.07, 6.45) is 3.89. The molecule has 19 heavy (non-hydrogen) atoms. The van der Waals surface area contributed by atoms with Crippen molar-refractivity contribution in [2.45, 2.75) is 37.8 Å². The summed E-state index contributed by atoms with van der Waals surface area (Å²) < 4.78 is 0. The van der Waals surface area contributed by atoms with E-state index in [1.807, 2.05) is 0 Å². The van der Waals surface area contributed by atoms with Crippen LogP contribution in [0, 0.1) is 5.92 Å². The van der Waals surface area contributed by atoms with E-state index in [0.717, 1.165) is 19.0 Å². The van der Waals surface area contributed by atoms with Gasteiger partial charge in [0.05, 0.1) is 0 Å². The van der Waals surface area contributed by atoms with Crippen molar-refractivity contribution in [3.05, 3.63) is 0 Å². The van der Waals surface area contributed by atoms with Crippen LogP contribution in [-0.4, -0.2) is 80.1 Å². The molecule has 0 aromatic carbocycles. The molecule has 2 saturated heterocycles. The van der Waals surface area contributed by atoms with Gasteiger partial charge in [0.1, 0.15) is 0 Å². The van der Waals surface area contributed by atoms with Gasteiger partial charge in [-0.2, -0.15) is 0 Å². The summed E-state index contributed by atoms with van der Waals surface area (Å²) >= 11 is 0. The third-order valence-electron chi connectivity index (χ3n) is 5.53. The van der Waals surface area contributed by atoms with E-state index in [4.69, 9.17) is 5.73 Å². The number of rotatable bonds is 4. The van der Waals surface area contributed by atoms with Gasteiger partial charge in [-0.3, -0.25) is 4.90 Å². The normalized spacial score (nSPS) is 35.4. The van der Waals surface area contributed by atoms with Crippen molar-refractivity contribution in [2.24, 2.45) is 11.7 Å². The molecule has 4 nitrogen and oxygen atoms in total. The van der Waals surface area contributed by atoms with Crippen LogP contribution in [0.1, 0.15) is 26.2 Å². The predicted molar refractivity (Wildman–Crippen MR) is 81.3 cm³/mol. The molecule has 0 radical (unpaired) electrons. The zero-order valence-electron chi connectivity index (χ0n) is 13.2. The van der Waals surface area contributed by atoms with E-state index in [-0.39, 0.29) is 5.54 Å². The molecule has 0 spiro atoms. The van der Waals surface area contributed by atoms with Gasteiger partial charge >= 0.3 is 0 Å². The average Bonchev–Trinajstić information content (AvgIpc) is 2.69. The minimum atomic E-state index is 0.206. The first-order chi connectivity index (χ1) is 8.97. The van der Waals surface area contributed by atoms with E-state index in [1.54, 1.807) is 0 Å². The van der Waals surface area contributed by atoms with Crippen molar-refractivity contribution >= 4 is 0 Å². The molecule has 0 aromatic rings. The highest BCUT2D eigenvalue weighted by Gasteiger charge is 2.43. The lowest BCUT2D eigenvalue weighted by Crippen LogP contribution is -2.55. The second kappa shape index (κ2) is 6.08. The summed E-state index contributed by atoms with van der Waals surface area (Å²) in [6, 6.07) is 0.656. The summed E-state index contributed by atoms with van der Waals surface area (Å²) in [5.41, 5.74) is 6.35. The van der Waals surface area contributed by atoms with E-state index in [0.29, 0.717) is 6.04 Å². The van der Waals surface area contributed by atoms with E-state index in [9.17, 15) is 0 Å². The monoisotopic (exact) mass is 268 g/mol. The number of nitrogens with two attached hydrogens (primary N) is 1. The van der Waals surface area contributed by atoms with Gasteiger partial charge in [-0.05, 0) is 66.3 Å². The van der Waals surface area contributed by atoms with Gasteiger partial charge in [0, 0.05) is 31.2 Å². The standard InChI is InChI=1S/C15H32N4/c1-13-9-15(11-16,12-18(13)3)19(4)10-14-5-7-17(2)8-6-14/h13-14H,5-12,16H2,1-4H3. The Hall–Kier alpha value is -0.160. The molecule has 0 saturated carbocycles. The molecule has 112 valence electrons. The van der Waals surface area contributed by atoms with Crippen LogP contribution in [0.3, 0.4) is 0 Å². The number of piperidine rings is 1. The summed E-state index contributed by atoms with van der Waals surface area (Å²) in [4.78, 5) is 7.47. The fourth-order valence-corrected chi connectivity index (χ4v) is 3.80. The van der Waals surface area contributed by atoms with Gasteiger partial charge in [-0.25, -0.2) is 0 Å². The average molecular weight is 268 g/mol. The fourth-order valence-electron chi connectivity index (χ4n) is 3.80. The third-order valence-corrected chi connectivity index (χ3v) is 5.53. The Balaban J connectivity index is 1.92. The van der Waals surface area contributed by atoms with Gasteiger partial charge in [0.25, 0.3) is 0 Å². The largest absolute Gasteiger partial charge is 0.329 e. The number of nitrogens with zero attached hydrogens (tertiary/aromatic N) is 3. The molecular formula is C15H32N4. The first kappa shape index (κ1) is 15.2. The minimum absolute atomic E-state index is 0.206. The topological polar surface area (TPSA) is 35.7 Å². The lowest BCUT2D eigenvalue weighted by molar-refractivity contribution is 0.0914. The van der Waals surface area contributed by atoms with Gasteiger partial charge in [-0.15, -0.1) is 0 Å². The van der Waals surface area contributed by atoms with Crippen molar-refractivity contribution in [3.63, 3.8) is 0 Å². The Morgan fingerprint density at radius 2 is 1.89 bits per heavy atom. The molecule has 0 bridgehead atoms. The van der Waals surface area contributed by atoms with Gasteiger partial charge in [0.2, 0.25) is 0 Å². The number of hydrogen-bond donors (Lipinski definition) is 1. The molecule has 2 heterocycles. The summed E-state index contributed by atoms with van der Waals surface area (Å²) in [5, 5.41) is 0. The van der Waals surface area contributed by atoms with Crippen LogP contribution in [0.25, 0.3) is 0 Å². The Bertz CT molecular complexity index is 276. The third kappa shape index (κ3) is 3.30. The maximum absolute atomic E-state index is 6.14. The molecule has 2 unspecified atom stereocenters. The highest BCUT2D eigenvalue weighted by atomic mass is 15.3. The van der Waals surface area contributed by atoms with Crippen molar-refractivity contribution in [2.75, 3.05) is 53.9 Å². The lowest BCUT2D eigenvalue weighted by atomic mass is 9.90. The highest BCUT2D eigenvalue weighted by Crippen LogP contribution is 2.31. The van der Waals surface area contributed by atoms with E-state index in [2.05, 4.69) is 42.8 Å². The maximum atomic E-state index is 6.14. The SMILES string of the molecule is CC1CC(CN)(N(C)CC2CCN(C)CC2)CN1C. The van der Waals surface area contributed by atoms with E-state index < -0.39 is 0 Å². The van der Waals surface area contributed by atoms with Crippen LogP contribution in [-0.2, 0) is 0 Å². The first-order valence-corrected chi connectivity index (χ1v) is 7.77. The van der Waals surface area contributed by atoms with Crippen LogP contribution in [0.15, 0.2) is 0 Å². The van der Waals surface area contributed by atoms with Gasteiger partial charge in [-0.1, -0.05) is 0 Å². The lowest BCUT2D eigenvalue weighted by Gasteiger charge is -2.41. The van der Waals surface area contributed by atoms with E-state index in [1.165, 1.54) is 38.9 Å². The molecule has 0 aromatic heterocycles. The Kier molecular flexibility index (Phi) is 4.88. The number of likely N-dealkylation sites (tertiary alicyclic amines) is 2. The summed E-state index contributed by atoms with van der Waals surface area (Å²) in [5.74, 6) is 0.853. The first-order valence-electron chi connectivity index (χ1n) is 7.77. The quantitative estimate of drug-likeness (QED) is 0.813. The van der Waals surface area contributed by atoms with Crippen LogP contribution >= 0.6 is 0 Å². The molecule has 2 aliphatic rings. The summed E-state index contributed by atoms with van der Waals surface area (Å²) in [7, 11) is 6.75. The second-order valence-electron chi connectivity index (χ2n) is 7.02. The Morgan fingerprint density at radius 1 is 1.26 bits per heavy atom. The van der Waals surface area contributed by atoms with Crippen molar-refractivity contribution in [1.82, 2.24) is 14.7 Å². The van der Waals surface area contributed by atoms with Crippen LogP contribution < -0.4 is 5.73 Å². The van der Waals surface area contributed by atoms with Crippen molar-refractivity contribution < 1.29 is 0 Å². The Morgan fingerprint density at radius 3 is 2.37 bits per heavy atom. The maximum Gasteiger partial charge on any atom is 0.0470 e. The molecule has 2 aliphatic heterocycles. The van der Waals surface area contributed by atoms with E-state index >= 15 is 0 Å². The summed E-state index contributed by atoms with van der Waals surface area (Å²) in [6.45, 7) is 7.94.